The van der Waals surface area contributed by atoms with E-state index < -0.39 is 44.2 Å². The molecule has 0 fully saturated rings. The Kier molecular flexibility index (Phi) is 16.1. The Bertz CT molecular complexity index is 1030. The predicted molar refractivity (Wildman–Crippen MR) is 164 cm³/mol. The molecule has 0 atom stereocenters. The maximum atomic E-state index is 14.2. The van der Waals surface area contributed by atoms with Gasteiger partial charge in [-0.3, -0.25) is 0 Å². The SMILES string of the molecule is CCCCCCCCOc1ccc(I(OC(=O)C(F)(F)C(F)(F)C(F)(F)F)c2ccc(OCCCCCCCC)cc2)cc1. The molecule has 0 radical (unpaired) electrons. The molecule has 0 unspecified atom stereocenters. The molecule has 12 heteroatoms. The summed E-state index contributed by atoms with van der Waals surface area (Å²) in [5.74, 6) is -14.8. The number of benzene rings is 2. The van der Waals surface area contributed by atoms with E-state index in [4.69, 9.17) is 12.5 Å². The van der Waals surface area contributed by atoms with Gasteiger partial charge in [0, 0.05) is 0 Å². The van der Waals surface area contributed by atoms with E-state index in [1.54, 1.807) is 0 Å². The van der Waals surface area contributed by atoms with Gasteiger partial charge in [-0.1, -0.05) is 13.8 Å². The average Bonchev–Trinajstić information content (AvgIpc) is 2.99. The molecule has 0 aliphatic carbocycles. The van der Waals surface area contributed by atoms with Crippen LogP contribution in [0.3, 0.4) is 0 Å². The molecular weight excluding hydrogens is 708 g/mol. The molecule has 2 rings (SSSR count). The summed E-state index contributed by atoms with van der Waals surface area (Å²) >= 11 is -3.75. The van der Waals surface area contributed by atoms with Crippen molar-refractivity contribution in [3.63, 3.8) is 0 Å². The second-order valence-electron chi connectivity index (χ2n) is 10.4. The fourth-order valence-electron chi connectivity index (χ4n) is 4.08. The fraction of sp³-hybridized carbons (Fsp3) is 0.594. The Hall–Kier alpha value is -2.25. The summed E-state index contributed by atoms with van der Waals surface area (Å²) < 4.78 is 110. The molecule has 0 saturated heterocycles. The number of unbranched alkanes of at least 4 members (excludes halogenated alkanes) is 10. The summed E-state index contributed by atoms with van der Waals surface area (Å²) in [5, 5.41) is 0. The Morgan fingerprint density at radius 2 is 0.955 bits per heavy atom. The minimum absolute atomic E-state index is 0.223. The van der Waals surface area contributed by atoms with E-state index in [0.29, 0.717) is 24.7 Å². The molecule has 2 aromatic carbocycles. The van der Waals surface area contributed by atoms with Gasteiger partial charge in [0.15, 0.2) is 0 Å². The number of hydrogen-bond acceptors (Lipinski definition) is 4. The molecular formula is C32H42F7IO4. The summed E-state index contributed by atoms with van der Waals surface area (Å²) in [7, 11) is 0. The van der Waals surface area contributed by atoms with E-state index in [0.717, 1.165) is 64.2 Å². The number of carbonyl (C=O) groups excluding carboxylic acids is 1. The Morgan fingerprint density at radius 1 is 0.591 bits per heavy atom. The zero-order valence-electron chi connectivity index (χ0n) is 25.2. The summed E-state index contributed by atoms with van der Waals surface area (Å²) in [6.07, 6.45) is 6.12. The van der Waals surface area contributed by atoms with E-state index in [-0.39, 0.29) is 7.14 Å². The van der Waals surface area contributed by atoms with Gasteiger partial charge in [0.25, 0.3) is 0 Å². The van der Waals surface area contributed by atoms with Gasteiger partial charge in [-0.2, -0.15) is 0 Å². The van der Waals surface area contributed by atoms with Gasteiger partial charge in [0.1, 0.15) is 0 Å². The monoisotopic (exact) mass is 750 g/mol. The van der Waals surface area contributed by atoms with E-state index in [1.807, 2.05) is 0 Å². The van der Waals surface area contributed by atoms with Crippen LogP contribution >= 0.6 is 20.2 Å². The average molecular weight is 751 g/mol. The number of hydrogen-bond donors (Lipinski definition) is 0. The first-order chi connectivity index (χ1) is 20.8. The van der Waals surface area contributed by atoms with Crippen molar-refractivity contribution < 1.29 is 48.1 Å². The third kappa shape index (κ3) is 11.6. The van der Waals surface area contributed by atoms with Crippen LogP contribution in [0.2, 0.25) is 0 Å². The van der Waals surface area contributed by atoms with Crippen LogP contribution in [0.15, 0.2) is 48.5 Å². The molecule has 4 nitrogen and oxygen atoms in total. The maximum absolute atomic E-state index is 14.2. The van der Waals surface area contributed by atoms with Gasteiger partial charge < -0.3 is 0 Å². The van der Waals surface area contributed by atoms with Gasteiger partial charge in [-0.05, 0) is 0 Å². The van der Waals surface area contributed by atoms with Crippen molar-refractivity contribution in [1.29, 1.82) is 0 Å². The van der Waals surface area contributed by atoms with Crippen molar-refractivity contribution >= 4 is 26.2 Å². The number of rotatable bonds is 21. The Labute approximate surface area is 263 Å². The molecule has 0 aromatic heterocycles. The van der Waals surface area contributed by atoms with Crippen LogP contribution in [0.5, 0.6) is 11.5 Å². The predicted octanol–water partition coefficient (Wildman–Crippen LogP) is 11.0. The molecule has 0 N–H and O–H groups in total. The van der Waals surface area contributed by atoms with Crippen molar-refractivity contribution in [1.82, 2.24) is 0 Å². The molecule has 44 heavy (non-hydrogen) atoms. The first-order valence-corrected chi connectivity index (χ1v) is 18.1. The van der Waals surface area contributed by atoms with Crippen molar-refractivity contribution in [2.45, 2.75) is 109 Å². The van der Waals surface area contributed by atoms with Crippen molar-refractivity contribution in [3.05, 3.63) is 55.7 Å². The zero-order chi connectivity index (χ0) is 32.6. The van der Waals surface area contributed by atoms with Crippen LogP contribution in [0, 0.1) is 7.14 Å². The van der Waals surface area contributed by atoms with Gasteiger partial charge in [0.05, 0.1) is 0 Å². The molecule has 250 valence electrons. The molecule has 0 heterocycles. The molecule has 0 bridgehead atoms. The Morgan fingerprint density at radius 3 is 1.32 bits per heavy atom. The summed E-state index contributed by atoms with van der Waals surface area (Å²) in [6.45, 7) is 5.15. The van der Waals surface area contributed by atoms with Gasteiger partial charge in [-0.15, -0.1) is 0 Å². The Balaban J connectivity index is 2.16. The molecule has 0 amide bonds. The van der Waals surface area contributed by atoms with E-state index in [1.165, 1.54) is 61.4 Å². The molecule has 0 aliphatic rings. The van der Waals surface area contributed by atoms with Crippen molar-refractivity contribution in [2.24, 2.45) is 0 Å². The van der Waals surface area contributed by atoms with Crippen LogP contribution in [0.1, 0.15) is 90.9 Å². The normalized spacial score (nSPS) is 12.6. The summed E-state index contributed by atoms with van der Waals surface area (Å²) in [4.78, 5) is 12.2. The van der Waals surface area contributed by atoms with Crippen LogP contribution in [-0.2, 0) is 7.86 Å². The second kappa shape index (κ2) is 18.7. The fourth-order valence-corrected chi connectivity index (χ4v) is 8.00. The van der Waals surface area contributed by atoms with Crippen molar-refractivity contribution in [2.75, 3.05) is 13.2 Å². The first-order valence-electron chi connectivity index (χ1n) is 15.1. The zero-order valence-corrected chi connectivity index (χ0v) is 27.3. The quantitative estimate of drug-likeness (QED) is 0.0724. The third-order valence-corrected chi connectivity index (χ3v) is 11.3. The summed E-state index contributed by atoms with van der Waals surface area (Å²) in [6, 6.07) is 11.8. The van der Waals surface area contributed by atoms with E-state index in [2.05, 4.69) is 13.8 Å². The number of alkyl halides is 7. The van der Waals surface area contributed by atoms with Crippen LogP contribution < -0.4 is 9.47 Å². The first kappa shape index (κ1) is 37.9. The standard InChI is InChI=1S/C32H42F7IO4/c1-3-5-7-9-11-13-23-42-27-19-15-25(16-20-27)40(44-29(41)30(33,34)31(35,36)32(37,38)39)26-17-21-28(22-18-26)43-24-14-12-10-8-6-4-2/h15-22H,3-14,23-24H2,1-2H3. The number of ether oxygens (including phenoxy) is 2. The van der Waals surface area contributed by atoms with Crippen LogP contribution in [-0.4, -0.2) is 37.2 Å². The summed E-state index contributed by atoms with van der Waals surface area (Å²) in [5.41, 5.74) is 0. The number of carbonyl (C=O) groups is 1. The van der Waals surface area contributed by atoms with Gasteiger partial charge in [-0.25, -0.2) is 0 Å². The van der Waals surface area contributed by atoms with Gasteiger partial charge >= 0.3 is 250 Å². The molecule has 2 aromatic rings. The van der Waals surface area contributed by atoms with E-state index >= 15 is 0 Å². The van der Waals surface area contributed by atoms with Gasteiger partial charge in [0.2, 0.25) is 0 Å². The molecule has 0 saturated carbocycles. The second-order valence-corrected chi connectivity index (χ2v) is 14.8. The van der Waals surface area contributed by atoms with Crippen LogP contribution in [0.4, 0.5) is 30.7 Å². The number of halogens is 8. The topological polar surface area (TPSA) is 44.8 Å². The molecule has 0 aliphatic heterocycles. The van der Waals surface area contributed by atoms with Crippen LogP contribution in [0.25, 0.3) is 0 Å². The minimum atomic E-state index is -6.65. The molecule has 0 spiro atoms. The van der Waals surface area contributed by atoms with E-state index in [9.17, 15) is 35.5 Å². The van der Waals surface area contributed by atoms with Crippen molar-refractivity contribution in [3.8, 4) is 11.5 Å². The third-order valence-electron chi connectivity index (χ3n) is 6.71.